The van der Waals surface area contributed by atoms with Crippen LogP contribution in [0.1, 0.15) is 32.4 Å². The number of benzene rings is 1. The van der Waals surface area contributed by atoms with Gasteiger partial charge in [-0.05, 0) is 36.6 Å². The highest BCUT2D eigenvalue weighted by atomic mass is 79.9. The predicted octanol–water partition coefficient (Wildman–Crippen LogP) is 3.33. The Balaban J connectivity index is 3.11. The maximum Gasteiger partial charge on any atom is 0.312 e. The van der Waals surface area contributed by atoms with Crippen molar-refractivity contribution in [3.8, 4) is 5.75 Å². The SMILES string of the molecule is CCOC(=O)C(C(C)C)C(O)c1cc(OC)ccc1Br. The van der Waals surface area contributed by atoms with E-state index in [1.807, 2.05) is 13.8 Å². The number of rotatable bonds is 6. The summed E-state index contributed by atoms with van der Waals surface area (Å²) in [7, 11) is 1.56. The van der Waals surface area contributed by atoms with Gasteiger partial charge in [-0.2, -0.15) is 0 Å². The average Bonchev–Trinajstić information content (AvgIpc) is 2.39. The van der Waals surface area contributed by atoms with Crippen LogP contribution in [0, 0.1) is 11.8 Å². The summed E-state index contributed by atoms with van der Waals surface area (Å²) in [4.78, 5) is 12.0. The van der Waals surface area contributed by atoms with Crippen molar-refractivity contribution < 1.29 is 19.4 Å². The zero-order chi connectivity index (χ0) is 15.3. The average molecular weight is 345 g/mol. The van der Waals surface area contributed by atoms with E-state index in [1.165, 1.54) is 0 Å². The Kier molecular flexibility index (Phi) is 6.49. The lowest BCUT2D eigenvalue weighted by Gasteiger charge is -2.25. The van der Waals surface area contributed by atoms with E-state index in [-0.39, 0.29) is 11.9 Å². The molecule has 0 heterocycles. The maximum atomic E-state index is 12.0. The molecule has 2 atom stereocenters. The standard InChI is InChI=1S/C15H21BrO4/c1-5-20-15(18)13(9(2)3)14(17)11-8-10(19-4)6-7-12(11)16/h6-9,13-14,17H,5H2,1-4H3. The second-order valence-corrected chi connectivity index (χ2v) is 5.71. The monoisotopic (exact) mass is 344 g/mol. The molecular weight excluding hydrogens is 324 g/mol. The van der Waals surface area contributed by atoms with Crippen LogP contribution < -0.4 is 4.74 Å². The van der Waals surface area contributed by atoms with Gasteiger partial charge in [-0.25, -0.2) is 0 Å². The van der Waals surface area contributed by atoms with Crippen LogP contribution in [0.4, 0.5) is 0 Å². The van der Waals surface area contributed by atoms with Crippen molar-refractivity contribution in [1.82, 2.24) is 0 Å². The third-order valence-electron chi connectivity index (χ3n) is 3.14. The molecule has 0 spiro atoms. The third-order valence-corrected chi connectivity index (χ3v) is 3.86. The number of hydrogen-bond donors (Lipinski definition) is 1. The summed E-state index contributed by atoms with van der Waals surface area (Å²) < 4.78 is 11.0. The molecule has 0 aliphatic rings. The quantitative estimate of drug-likeness (QED) is 0.804. The van der Waals surface area contributed by atoms with Gasteiger partial charge in [-0.1, -0.05) is 29.8 Å². The Hall–Kier alpha value is -1.07. The molecule has 0 aliphatic carbocycles. The van der Waals surface area contributed by atoms with Crippen LogP contribution in [0.25, 0.3) is 0 Å². The van der Waals surface area contributed by atoms with E-state index >= 15 is 0 Å². The highest BCUT2D eigenvalue weighted by Gasteiger charge is 2.33. The first kappa shape index (κ1) is 17.0. The number of esters is 1. The van der Waals surface area contributed by atoms with E-state index in [0.717, 1.165) is 4.47 Å². The van der Waals surface area contributed by atoms with Gasteiger partial charge in [0.1, 0.15) is 5.75 Å². The summed E-state index contributed by atoms with van der Waals surface area (Å²) >= 11 is 3.40. The number of aliphatic hydroxyl groups is 1. The lowest BCUT2D eigenvalue weighted by Crippen LogP contribution is -2.29. The molecule has 0 bridgehead atoms. The minimum Gasteiger partial charge on any atom is -0.497 e. The third kappa shape index (κ3) is 3.96. The van der Waals surface area contributed by atoms with Gasteiger partial charge in [0.25, 0.3) is 0 Å². The minimum absolute atomic E-state index is 0.0397. The van der Waals surface area contributed by atoms with Gasteiger partial charge < -0.3 is 14.6 Å². The van der Waals surface area contributed by atoms with Crippen LogP contribution in [0.5, 0.6) is 5.75 Å². The lowest BCUT2D eigenvalue weighted by molar-refractivity contribution is -0.154. The second kappa shape index (κ2) is 7.64. The largest absolute Gasteiger partial charge is 0.497 e. The van der Waals surface area contributed by atoms with Crippen LogP contribution in [0.2, 0.25) is 0 Å². The van der Waals surface area contributed by atoms with E-state index in [9.17, 15) is 9.90 Å². The van der Waals surface area contributed by atoms with Gasteiger partial charge in [0.2, 0.25) is 0 Å². The molecule has 1 aromatic carbocycles. The number of aliphatic hydroxyl groups excluding tert-OH is 1. The van der Waals surface area contributed by atoms with E-state index in [4.69, 9.17) is 9.47 Å². The molecule has 0 saturated carbocycles. The first-order chi connectivity index (χ1) is 9.42. The van der Waals surface area contributed by atoms with Crippen molar-refractivity contribution in [1.29, 1.82) is 0 Å². The fourth-order valence-electron chi connectivity index (χ4n) is 2.07. The Morgan fingerprint density at radius 3 is 2.55 bits per heavy atom. The molecule has 0 aromatic heterocycles. The van der Waals surface area contributed by atoms with Gasteiger partial charge in [0.15, 0.2) is 0 Å². The van der Waals surface area contributed by atoms with Crippen molar-refractivity contribution in [3.05, 3.63) is 28.2 Å². The van der Waals surface area contributed by atoms with Crippen molar-refractivity contribution in [2.75, 3.05) is 13.7 Å². The van der Waals surface area contributed by atoms with Crippen molar-refractivity contribution in [2.45, 2.75) is 26.9 Å². The number of carbonyl (C=O) groups is 1. The molecule has 2 unspecified atom stereocenters. The molecule has 1 rings (SSSR count). The fraction of sp³-hybridized carbons (Fsp3) is 0.533. The van der Waals surface area contributed by atoms with Crippen LogP contribution in [-0.4, -0.2) is 24.8 Å². The molecule has 0 aliphatic heterocycles. The zero-order valence-electron chi connectivity index (χ0n) is 12.2. The topological polar surface area (TPSA) is 55.8 Å². The van der Waals surface area contributed by atoms with Crippen LogP contribution in [0.15, 0.2) is 22.7 Å². The van der Waals surface area contributed by atoms with E-state index in [2.05, 4.69) is 15.9 Å². The molecule has 0 amide bonds. The molecular formula is C15H21BrO4. The van der Waals surface area contributed by atoms with Crippen molar-refractivity contribution in [2.24, 2.45) is 11.8 Å². The summed E-state index contributed by atoms with van der Waals surface area (Å²) in [6.45, 7) is 5.83. The molecule has 1 N–H and O–H groups in total. The molecule has 0 fully saturated rings. The first-order valence-corrected chi connectivity index (χ1v) is 7.39. The predicted molar refractivity (Wildman–Crippen MR) is 80.6 cm³/mol. The summed E-state index contributed by atoms with van der Waals surface area (Å²) in [5.41, 5.74) is 0.621. The van der Waals surface area contributed by atoms with Gasteiger partial charge in [-0.3, -0.25) is 4.79 Å². The summed E-state index contributed by atoms with van der Waals surface area (Å²) in [5, 5.41) is 10.6. The molecule has 4 nitrogen and oxygen atoms in total. The minimum atomic E-state index is -0.946. The molecule has 20 heavy (non-hydrogen) atoms. The lowest BCUT2D eigenvalue weighted by atomic mass is 9.86. The molecule has 1 aromatic rings. The van der Waals surface area contributed by atoms with Gasteiger partial charge >= 0.3 is 5.97 Å². The van der Waals surface area contributed by atoms with Crippen LogP contribution >= 0.6 is 15.9 Å². The fourth-order valence-corrected chi connectivity index (χ4v) is 2.55. The summed E-state index contributed by atoms with van der Waals surface area (Å²) in [6.07, 6.45) is -0.946. The molecule has 0 saturated heterocycles. The van der Waals surface area contributed by atoms with E-state index in [1.54, 1.807) is 32.2 Å². The van der Waals surface area contributed by atoms with Crippen molar-refractivity contribution >= 4 is 21.9 Å². The Morgan fingerprint density at radius 1 is 1.40 bits per heavy atom. The van der Waals surface area contributed by atoms with Gasteiger partial charge in [-0.15, -0.1) is 0 Å². The zero-order valence-corrected chi connectivity index (χ0v) is 13.8. The number of ether oxygens (including phenoxy) is 2. The Labute approximate surface area is 128 Å². The molecule has 5 heteroatoms. The normalized spacial score (nSPS) is 13.9. The molecule has 112 valence electrons. The van der Waals surface area contributed by atoms with Crippen molar-refractivity contribution in [3.63, 3.8) is 0 Å². The number of methoxy groups -OCH3 is 1. The van der Waals surface area contributed by atoms with Crippen LogP contribution in [-0.2, 0) is 9.53 Å². The Bertz CT molecular complexity index is 459. The highest BCUT2D eigenvalue weighted by Crippen LogP contribution is 2.35. The number of hydrogen-bond acceptors (Lipinski definition) is 4. The summed E-state index contributed by atoms with van der Waals surface area (Å²) in [5.74, 6) is -0.404. The first-order valence-electron chi connectivity index (χ1n) is 6.60. The second-order valence-electron chi connectivity index (χ2n) is 4.85. The number of carbonyl (C=O) groups excluding carboxylic acids is 1. The highest BCUT2D eigenvalue weighted by molar-refractivity contribution is 9.10. The van der Waals surface area contributed by atoms with Crippen LogP contribution in [0.3, 0.4) is 0 Å². The summed E-state index contributed by atoms with van der Waals surface area (Å²) in [6, 6.07) is 5.30. The van der Waals surface area contributed by atoms with Gasteiger partial charge in [0.05, 0.1) is 25.7 Å². The van der Waals surface area contributed by atoms with E-state index in [0.29, 0.717) is 17.9 Å². The maximum absolute atomic E-state index is 12.0. The molecule has 0 radical (unpaired) electrons. The number of halogens is 1. The smallest absolute Gasteiger partial charge is 0.312 e. The van der Waals surface area contributed by atoms with E-state index < -0.39 is 12.0 Å². The van der Waals surface area contributed by atoms with Gasteiger partial charge in [0, 0.05) is 4.47 Å². The Morgan fingerprint density at radius 2 is 2.05 bits per heavy atom.